The Morgan fingerprint density at radius 1 is 1.14 bits per heavy atom. The number of carbonyl (C=O) groups is 1. The number of aryl methyl sites for hydroxylation is 1. The normalized spacial score (nSPS) is 11.0. The van der Waals surface area contributed by atoms with Crippen molar-refractivity contribution in [2.45, 2.75) is 39.5 Å². The minimum Gasteiger partial charge on any atom is -0.493 e. The smallest absolute Gasteiger partial charge is 0.303 e. The van der Waals surface area contributed by atoms with Crippen molar-refractivity contribution in [3.63, 3.8) is 0 Å². The minimum atomic E-state index is -0.861. The van der Waals surface area contributed by atoms with E-state index < -0.39 is 5.97 Å². The Balaban J connectivity index is 1.84. The number of benzene rings is 2. The third-order valence-corrected chi connectivity index (χ3v) is 4.53. The summed E-state index contributed by atoms with van der Waals surface area (Å²) >= 11 is 0. The summed E-state index contributed by atoms with van der Waals surface area (Å²) in [6, 6.07) is 10.8. The lowest BCUT2D eigenvalue weighted by Gasteiger charge is -2.14. The maximum atomic E-state index is 12.9. The third kappa shape index (κ3) is 4.96. The molecule has 3 aromatic rings. The topological polar surface area (TPSA) is 86.0 Å². The Morgan fingerprint density at radius 2 is 1.93 bits per heavy atom. The summed E-state index contributed by atoms with van der Waals surface area (Å²) in [7, 11) is 0. The predicted octanol–water partition coefficient (Wildman–Crippen LogP) is 5.26. The molecular weight excluding hydrogens is 372 g/mol. The Labute approximate surface area is 168 Å². The van der Waals surface area contributed by atoms with Crippen molar-refractivity contribution in [1.29, 1.82) is 0 Å². The molecule has 0 aliphatic rings. The van der Waals surface area contributed by atoms with Crippen LogP contribution in [0, 0.1) is 6.92 Å². The summed E-state index contributed by atoms with van der Waals surface area (Å²) in [4.78, 5) is 23.4. The van der Waals surface area contributed by atoms with Gasteiger partial charge in [0.15, 0.2) is 0 Å². The number of carboxylic acid groups (broad SMARTS) is 1. The average Bonchev–Trinajstić information content (AvgIpc) is 2.67. The molecule has 0 fully saturated rings. The van der Waals surface area contributed by atoms with Gasteiger partial charge in [-0.3, -0.25) is 9.59 Å². The molecule has 0 radical (unpaired) electrons. The molecule has 6 heteroatoms. The molecule has 0 spiro atoms. The van der Waals surface area contributed by atoms with Gasteiger partial charge in [-0.05, 0) is 48.6 Å². The van der Waals surface area contributed by atoms with Crippen molar-refractivity contribution in [1.82, 2.24) is 0 Å². The van der Waals surface area contributed by atoms with Gasteiger partial charge in [-0.1, -0.05) is 26.0 Å². The first-order chi connectivity index (χ1) is 13.8. The van der Waals surface area contributed by atoms with Crippen molar-refractivity contribution in [2.24, 2.45) is 0 Å². The fourth-order valence-corrected chi connectivity index (χ4v) is 2.99. The minimum absolute atomic E-state index is 0.0424. The Morgan fingerprint density at radius 3 is 2.66 bits per heavy atom. The van der Waals surface area contributed by atoms with E-state index in [4.69, 9.17) is 19.0 Å². The number of ether oxygens (including phenoxy) is 2. The monoisotopic (exact) mass is 396 g/mol. The van der Waals surface area contributed by atoms with Crippen LogP contribution in [0.1, 0.15) is 43.7 Å². The molecule has 1 N–H and O–H groups in total. The van der Waals surface area contributed by atoms with Crippen LogP contribution >= 0.6 is 0 Å². The van der Waals surface area contributed by atoms with Gasteiger partial charge in [-0.2, -0.15) is 0 Å². The number of hydrogen-bond acceptors (Lipinski definition) is 5. The number of hydrogen-bond donors (Lipinski definition) is 1. The second-order valence-corrected chi connectivity index (χ2v) is 7.23. The average molecular weight is 396 g/mol. The molecule has 0 saturated heterocycles. The fourth-order valence-electron chi connectivity index (χ4n) is 2.99. The molecule has 0 amide bonds. The second kappa shape index (κ2) is 8.82. The van der Waals surface area contributed by atoms with E-state index in [0.29, 0.717) is 28.9 Å². The van der Waals surface area contributed by atoms with Gasteiger partial charge in [0, 0.05) is 12.5 Å². The van der Waals surface area contributed by atoms with Gasteiger partial charge in [0.25, 0.3) is 0 Å². The Hall–Kier alpha value is -3.28. The van der Waals surface area contributed by atoms with Crippen LogP contribution in [0.4, 0.5) is 0 Å². The number of rotatable bonds is 8. The summed E-state index contributed by atoms with van der Waals surface area (Å²) < 4.78 is 17.1. The molecule has 1 aromatic heterocycles. The maximum absolute atomic E-state index is 12.9. The summed E-state index contributed by atoms with van der Waals surface area (Å²) in [5, 5.41) is 9.05. The highest BCUT2D eigenvalue weighted by Gasteiger charge is 2.14. The van der Waals surface area contributed by atoms with Crippen LogP contribution in [0.3, 0.4) is 0 Å². The number of fused-ring (bicyclic) bond motifs is 1. The molecule has 0 bridgehead atoms. The van der Waals surface area contributed by atoms with Crippen molar-refractivity contribution in [2.75, 3.05) is 6.61 Å². The zero-order chi connectivity index (χ0) is 21.0. The first-order valence-electron chi connectivity index (χ1n) is 9.53. The van der Waals surface area contributed by atoms with Gasteiger partial charge in [0.2, 0.25) is 11.2 Å². The molecule has 6 nitrogen and oxygen atoms in total. The molecule has 0 aliphatic heterocycles. The van der Waals surface area contributed by atoms with E-state index in [0.717, 1.165) is 11.1 Å². The zero-order valence-electron chi connectivity index (χ0n) is 16.7. The molecule has 3 rings (SSSR count). The Bertz CT molecular complexity index is 1080. The molecule has 0 aliphatic carbocycles. The van der Waals surface area contributed by atoms with Crippen LogP contribution in [0.2, 0.25) is 0 Å². The maximum Gasteiger partial charge on any atom is 0.303 e. The zero-order valence-corrected chi connectivity index (χ0v) is 16.7. The fraction of sp³-hybridized carbons (Fsp3) is 0.304. The summed E-state index contributed by atoms with van der Waals surface area (Å²) in [5.41, 5.74) is 2.17. The van der Waals surface area contributed by atoms with Gasteiger partial charge in [-0.25, -0.2) is 0 Å². The van der Waals surface area contributed by atoms with E-state index in [1.54, 1.807) is 18.2 Å². The largest absolute Gasteiger partial charge is 0.493 e. The van der Waals surface area contributed by atoms with Crippen molar-refractivity contribution in [3.8, 4) is 17.2 Å². The van der Waals surface area contributed by atoms with Crippen LogP contribution in [0.5, 0.6) is 17.2 Å². The van der Waals surface area contributed by atoms with Crippen LogP contribution in [0.25, 0.3) is 11.0 Å². The molecule has 152 valence electrons. The van der Waals surface area contributed by atoms with E-state index in [1.165, 1.54) is 6.26 Å². The van der Waals surface area contributed by atoms with Gasteiger partial charge in [-0.15, -0.1) is 0 Å². The molecule has 0 saturated carbocycles. The summed E-state index contributed by atoms with van der Waals surface area (Å²) in [5.74, 6) is 0.671. The summed E-state index contributed by atoms with van der Waals surface area (Å²) in [6.45, 7) is 6.38. The van der Waals surface area contributed by atoms with Gasteiger partial charge in [0.05, 0.1) is 12.0 Å². The van der Waals surface area contributed by atoms with Crippen LogP contribution in [-0.4, -0.2) is 17.7 Å². The van der Waals surface area contributed by atoms with E-state index >= 15 is 0 Å². The highest BCUT2D eigenvalue weighted by atomic mass is 16.5. The number of aliphatic carboxylic acids is 1. The molecular formula is C23H24O6. The highest BCUT2D eigenvalue weighted by molar-refractivity contribution is 5.79. The van der Waals surface area contributed by atoms with Crippen molar-refractivity contribution in [3.05, 3.63) is 64.0 Å². The Kier molecular flexibility index (Phi) is 6.22. The van der Waals surface area contributed by atoms with Gasteiger partial charge < -0.3 is 19.0 Å². The van der Waals surface area contributed by atoms with Crippen LogP contribution < -0.4 is 14.9 Å². The second-order valence-electron chi connectivity index (χ2n) is 7.23. The van der Waals surface area contributed by atoms with Crippen LogP contribution in [-0.2, 0) is 4.79 Å². The van der Waals surface area contributed by atoms with E-state index in [2.05, 4.69) is 13.8 Å². The quantitative estimate of drug-likeness (QED) is 0.523. The lowest BCUT2D eigenvalue weighted by atomic mass is 10.0. The number of carboxylic acids is 1. The SMILES string of the molecule is Cc1ccc(C(C)C)c(Oc2coc3cc(OCCCC(=O)O)ccc3c2=O)c1. The third-order valence-electron chi connectivity index (χ3n) is 4.53. The molecule has 0 unspecified atom stereocenters. The lowest BCUT2D eigenvalue weighted by molar-refractivity contribution is -0.137. The molecule has 2 aromatic carbocycles. The van der Waals surface area contributed by atoms with E-state index in [9.17, 15) is 9.59 Å². The van der Waals surface area contributed by atoms with Gasteiger partial charge in [0.1, 0.15) is 23.3 Å². The van der Waals surface area contributed by atoms with Crippen LogP contribution in [0.15, 0.2) is 51.9 Å². The van der Waals surface area contributed by atoms with E-state index in [1.807, 2.05) is 25.1 Å². The highest BCUT2D eigenvalue weighted by Crippen LogP contribution is 2.31. The standard InChI is InChI=1S/C23H24O6/c1-14(2)17-8-6-15(3)11-20(17)29-21-13-28-19-12-16(7-9-18(19)23(21)26)27-10-4-5-22(24)25/h6-9,11-14H,4-5,10H2,1-3H3,(H,24,25). The molecule has 1 heterocycles. The molecule has 29 heavy (non-hydrogen) atoms. The van der Waals surface area contributed by atoms with Crippen molar-refractivity contribution < 1.29 is 23.8 Å². The predicted molar refractivity (Wildman–Crippen MR) is 110 cm³/mol. The summed E-state index contributed by atoms with van der Waals surface area (Å²) in [6.07, 6.45) is 1.75. The molecule has 0 atom stereocenters. The van der Waals surface area contributed by atoms with Crippen molar-refractivity contribution >= 4 is 16.9 Å². The van der Waals surface area contributed by atoms with Gasteiger partial charge >= 0.3 is 5.97 Å². The first-order valence-corrected chi connectivity index (χ1v) is 9.53. The first kappa shape index (κ1) is 20.5. The lowest BCUT2D eigenvalue weighted by Crippen LogP contribution is -2.07. The van der Waals surface area contributed by atoms with E-state index in [-0.39, 0.29) is 30.1 Å².